The Balaban J connectivity index is 1.41. The van der Waals surface area contributed by atoms with Crippen molar-refractivity contribution in [2.45, 2.75) is 44.3 Å². The maximum Gasteiger partial charge on any atom is 0.243 e. The Morgan fingerprint density at radius 2 is 2.03 bits per heavy atom. The zero-order valence-electron chi connectivity index (χ0n) is 16.3. The summed E-state index contributed by atoms with van der Waals surface area (Å²) in [6, 6.07) is 13.3. The molecule has 4 rings (SSSR count). The minimum Gasteiger partial charge on any atom is -0.352 e. The Morgan fingerprint density at radius 3 is 2.73 bits per heavy atom. The van der Waals surface area contributed by atoms with Crippen LogP contribution >= 0.6 is 23.6 Å². The summed E-state index contributed by atoms with van der Waals surface area (Å²) in [6.07, 6.45) is 2.66. The van der Waals surface area contributed by atoms with Gasteiger partial charge in [-0.05, 0) is 42.1 Å². The predicted octanol–water partition coefficient (Wildman–Crippen LogP) is 3.07. The molecule has 0 aliphatic heterocycles. The third-order valence-corrected chi connectivity index (χ3v) is 6.10. The van der Waals surface area contributed by atoms with Crippen molar-refractivity contribution in [2.75, 3.05) is 0 Å². The molecule has 1 aliphatic rings. The first-order valence-electron chi connectivity index (χ1n) is 9.93. The van der Waals surface area contributed by atoms with Crippen LogP contribution < -0.4 is 10.6 Å². The molecule has 1 aliphatic carbocycles. The number of hydrogen-bond acceptors (Lipinski definition) is 5. The summed E-state index contributed by atoms with van der Waals surface area (Å²) < 4.78 is 2.29. The summed E-state index contributed by atoms with van der Waals surface area (Å²) in [4.78, 5) is 26.3. The van der Waals surface area contributed by atoms with Crippen molar-refractivity contribution >= 4 is 35.4 Å². The first-order valence-corrected chi connectivity index (χ1v) is 11.2. The lowest BCUT2D eigenvalue weighted by Crippen LogP contribution is -2.48. The van der Waals surface area contributed by atoms with Crippen molar-refractivity contribution in [3.8, 4) is 10.7 Å². The smallest absolute Gasteiger partial charge is 0.243 e. The molecule has 0 spiro atoms. The van der Waals surface area contributed by atoms with E-state index in [1.165, 1.54) is 0 Å². The molecule has 0 bridgehead atoms. The van der Waals surface area contributed by atoms with Crippen LogP contribution in [0, 0.1) is 4.77 Å². The summed E-state index contributed by atoms with van der Waals surface area (Å²) in [5, 5.41) is 15.0. The van der Waals surface area contributed by atoms with Crippen molar-refractivity contribution in [1.29, 1.82) is 0 Å². The summed E-state index contributed by atoms with van der Waals surface area (Å²) >= 11 is 6.89. The second kappa shape index (κ2) is 9.36. The number of nitrogens with one attached hydrogen (secondary N) is 3. The molecule has 1 fully saturated rings. The Kier molecular flexibility index (Phi) is 6.39. The molecule has 2 heterocycles. The maximum absolute atomic E-state index is 12.7. The highest BCUT2D eigenvalue weighted by Gasteiger charge is 2.28. The lowest BCUT2D eigenvalue weighted by atomic mass is 10.0. The summed E-state index contributed by atoms with van der Waals surface area (Å²) in [7, 11) is 0. The molecular weight excluding hydrogens is 418 g/mol. The SMILES string of the molecule is O=C(CCn1c(-c2cccs2)n[nH]c1=S)NC(Cc1ccccc1)C(=O)NC1CC1. The van der Waals surface area contributed by atoms with E-state index in [0.717, 1.165) is 29.1 Å². The van der Waals surface area contributed by atoms with Crippen molar-refractivity contribution < 1.29 is 9.59 Å². The van der Waals surface area contributed by atoms with E-state index in [4.69, 9.17) is 12.2 Å². The van der Waals surface area contributed by atoms with Crippen molar-refractivity contribution in [3.05, 3.63) is 58.2 Å². The number of hydrogen-bond donors (Lipinski definition) is 3. The van der Waals surface area contributed by atoms with E-state index in [1.54, 1.807) is 11.3 Å². The predicted molar refractivity (Wildman–Crippen MR) is 119 cm³/mol. The highest BCUT2D eigenvalue weighted by Crippen LogP contribution is 2.23. The van der Waals surface area contributed by atoms with Gasteiger partial charge in [-0.3, -0.25) is 19.3 Å². The van der Waals surface area contributed by atoms with Gasteiger partial charge in [-0.2, -0.15) is 5.10 Å². The molecule has 2 aromatic heterocycles. The topological polar surface area (TPSA) is 91.8 Å². The first-order chi connectivity index (χ1) is 14.6. The Hall–Kier alpha value is -2.78. The number of nitrogens with zero attached hydrogens (tertiary/aromatic N) is 2. The minimum absolute atomic E-state index is 0.131. The summed E-state index contributed by atoms with van der Waals surface area (Å²) in [5.74, 6) is 0.395. The fourth-order valence-electron chi connectivity index (χ4n) is 3.19. The molecular formula is C21H23N5O2S2. The number of thiophene rings is 1. The Morgan fingerprint density at radius 1 is 1.23 bits per heavy atom. The number of amides is 2. The number of aromatic nitrogens is 3. The van der Waals surface area contributed by atoms with Gasteiger partial charge in [-0.15, -0.1) is 11.3 Å². The van der Waals surface area contributed by atoms with Gasteiger partial charge in [-0.25, -0.2) is 0 Å². The number of benzene rings is 1. The van der Waals surface area contributed by atoms with Crippen LogP contribution in [-0.2, 0) is 22.6 Å². The van der Waals surface area contributed by atoms with Crippen molar-refractivity contribution in [2.24, 2.45) is 0 Å². The molecule has 0 saturated heterocycles. The van der Waals surface area contributed by atoms with Gasteiger partial charge in [-0.1, -0.05) is 36.4 Å². The number of carbonyl (C=O) groups excluding carboxylic acids is 2. The second-order valence-electron chi connectivity index (χ2n) is 7.32. The van der Waals surface area contributed by atoms with Crippen LogP contribution in [0.5, 0.6) is 0 Å². The summed E-state index contributed by atoms with van der Waals surface area (Å²) in [6.45, 7) is 0.386. The van der Waals surface area contributed by atoms with Crippen LogP contribution in [0.1, 0.15) is 24.8 Å². The number of aromatic amines is 1. The third-order valence-electron chi connectivity index (χ3n) is 4.92. The molecule has 0 radical (unpaired) electrons. The normalized spacial score (nSPS) is 14.3. The lowest BCUT2D eigenvalue weighted by molar-refractivity contribution is -0.129. The molecule has 2 amide bonds. The van der Waals surface area contributed by atoms with E-state index < -0.39 is 6.04 Å². The van der Waals surface area contributed by atoms with Gasteiger partial charge < -0.3 is 10.6 Å². The highest BCUT2D eigenvalue weighted by atomic mass is 32.1. The van der Waals surface area contributed by atoms with Gasteiger partial charge in [0.25, 0.3) is 0 Å². The van der Waals surface area contributed by atoms with Crippen molar-refractivity contribution in [3.63, 3.8) is 0 Å². The largest absolute Gasteiger partial charge is 0.352 e. The number of carbonyl (C=O) groups is 2. The molecule has 1 aromatic carbocycles. The van der Waals surface area contributed by atoms with Crippen LogP contribution in [0.25, 0.3) is 10.7 Å². The van der Waals surface area contributed by atoms with E-state index in [1.807, 2.05) is 52.4 Å². The molecule has 156 valence electrons. The van der Waals surface area contributed by atoms with E-state index in [0.29, 0.717) is 17.7 Å². The van der Waals surface area contributed by atoms with Crippen LogP contribution in [0.15, 0.2) is 47.8 Å². The zero-order chi connectivity index (χ0) is 20.9. The van der Waals surface area contributed by atoms with Crippen LogP contribution in [-0.4, -0.2) is 38.7 Å². The molecule has 1 unspecified atom stereocenters. The fourth-order valence-corrected chi connectivity index (χ4v) is 4.13. The average Bonchev–Trinajstić information content (AvgIpc) is 3.24. The molecule has 1 saturated carbocycles. The lowest BCUT2D eigenvalue weighted by Gasteiger charge is -2.19. The van der Waals surface area contributed by atoms with Gasteiger partial charge in [0.1, 0.15) is 6.04 Å². The molecule has 7 nitrogen and oxygen atoms in total. The number of H-pyrrole nitrogens is 1. The molecule has 3 aromatic rings. The fraction of sp³-hybridized carbons (Fsp3) is 0.333. The minimum atomic E-state index is -0.602. The van der Waals surface area contributed by atoms with Gasteiger partial charge in [0.05, 0.1) is 4.88 Å². The second-order valence-corrected chi connectivity index (χ2v) is 8.66. The average molecular weight is 442 g/mol. The van der Waals surface area contributed by atoms with E-state index in [-0.39, 0.29) is 24.3 Å². The van der Waals surface area contributed by atoms with Crippen LogP contribution in [0.3, 0.4) is 0 Å². The van der Waals surface area contributed by atoms with E-state index in [9.17, 15) is 9.59 Å². The molecule has 3 N–H and O–H groups in total. The van der Waals surface area contributed by atoms with Gasteiger partial charge in [0.2, 0.25) is 11.8 Å². The Bertz CT molecular complexity index is 1050. The van der Waals surface area contributed by atoms with Gasteiger partial charge in [0.15, 0.2) is 10.6 Å². The standard InChI is InChI=1S/C21H23N5O2S2/c27-18(10-11-26-19(24-25-21(26)29)17-7-4-12-30-17)23-16(20(28)22-15-8-9-15)13-14-5-2-1-3-6-14/h1-7,12,15-16H,8-11,13H2,(H,22,28)(H,23,27)(H,25,29). The van der Waals surface area contributed by atoms with Crippen molar-refractivity contribution in [1.82, 2.24) is 25.4 Å². The van der Waals surface area contributed by atoms with E-state index >= 15 is 0 Å². The molecule has 30 heavy (non-hydrogen) atoms. The van der Waals surface area contributed by atoms with Crippen LogP contribution in [0.2, 0.25) is 0 Å². The molecule has 1 atom stereocenters. The Labute approximate surface area is 183 Å². The third kappa shape index (κ3) is 5.22. The highest BCUT2D eigenvalue weighted by molar-refractivity contribution is 7.71. The first kappa shape index (κ1) is 20.5. The molecule has 9 heteroatoms. The van der Waals surface area contributed by atoms with Gasteiger partial charge >= 0.3 is 0 Å². The summed E-state index contributed by atoms with van der Waals surface area (Å²) in [5.41, 5.74) is 1.01. The monoisotopic (exact) mass is 441 g/mol. The zero-order valence-corrected chi connectivity index (χ0v) is 18.0. The van der Waals surface area contributed by atoms with Crippen LogP contribution in [0.4, 0.5) is 0 Å². The van der Waals surface area contributed by atoms with E-state index in [2.05, 4.69) is 20.8 Å². The van der Waals surface area contributed by atoms with Gasteiger partial charge in [0, 0.05) is 25.4 Å². The maximum atomic E-state index is 12.7. The quantitative estimate of drug-likeness (QED) is 0.445. The number of rotatable bonds is 9.